The van der Waals surface area contributed by atoms with Crippen LogP contribution < -0.4 is 0 Å². The van der Waals surface area contributed by atoms with Crippen molar-refractivity contribution in [1.29, 1.82) is 0 Å². The highest BCUT2D eigenvalue weighted by Gasteiger charge is 2.52. The van der Waals surface area contributed by atoms with Crippen molar-refractivity contribution in [1.82, 2.24) is 14.7 Å². The Balaban J connectivity index is 0.000000133. The van der Waals surface area contributed by atoms with Gasteiger partial charge in [-0.2, -0.15) is 10.2 Å². The number of benzene rings is 9. The zero-order chi connectivity index (χ0) is 77.0. The zero-order valence-corrected chi connectivity index (χ0v) is 64.6. The van der Waals surface area contributed by atoms with Gasteiger partial charge < -0.3 is 9.47 Å². The number of Topliss-reactive ketones (excluding diaryl/α,β-unsaturated/α-hetero) is 1. The molecule has 18 nitrogen and oxygen atoms in total. The Bertz CT molecular complexity index is 4930. The molecule has 3 amide bonds. The molecular weight excluding hydrogens is 1390 g/mol. The van der Waals surface area contributed by atoms with E-state index in [-0.39, 0.29) is 23.5 Å². The van der Waals surface area contributed by atoms with Gasteiger partial charge >= 0.3 is 0 Å². The molecule has 7 aliphatic heterocycles. The van der Waals surface area contributed by atoms with Crippen LogP contribution in [-0.2, 0) is 43.5 Å². The van der Waals surface area contributed by atoms with Gasteiger partial charge in [-0.25, -0.2) is 0 Å². The molecule has 17 rings (SSSR count). The van der Waals surface area contributed by atoms with Gasteiger partial charge in [0.2, 0.25) is 0 Å². The van der Waals surface area contributed by atoms with E-state index in [1.54, 1.807) is 6.92 Å². The van der Waals surface area contributed by atoms with Crippen LogP contribution in [0.4, 0.5) is 0 Å². The summed E-state index contributed by atoms with van der Waals surface area (Å²) in [5, 5.41) is 24.3. The third kappa shape index (κ3) is 16.3. The molecule has 2 saturated heterocycles. The largest absolute Gasteiger partial charge is 0.378 e. The van der Waals surface area contributed by atoms with Crippen LogP contribution in [0.2, 0.25) is 0 Å². The second-order valence-corrected chi connectivity index (χ2v) is 30.4. The van der Waals surface area contributed by atoms with E-state index in [9.17, 15) is 19.2 Å². The van der Waals surface area contributed by atoms with Crippen molar-refractivity contribution in [3.63, 3.8) is 0 Å². The molecule has 1 aliphatic carbocycles. The molecule has 3 spiro atoms. The summed E-state index contributed by atoms with van der Waals surface area (Å²) in [5.74, 6) is 3.15. The lowest BCUT2D eigenvalue weighted by molar-refractivity contribution is -0.132. The van der Waals surface area contributed by atoms with Gasteiger partial charge in [0, 0.05) is 62.0 Å². The number of rotatable bonds is 24. The number of carbonyl (C=O) groups is 4. The average Bonchev–Trinajstić information content (AvgIpc) is 1.61. The van der Waals surface area contributed by atoms with Crippen LogP contribution in [0, 0.1) is 0 Å². The number of hydrogen-bond acceptors (Lipinski definition) is 15. The van der Waals surface area contributed by atoms with E-state index < -0.39 is 16.6 Å². The smallest absolute Gasteiger partial charge is 0.258 e. The van der Waals surface area contributed by atoms with E-state index in [1.165, 1.54) is 0 Å². The minimum atomic E-state index is -0.714. The van der Waals surface area contributed by atoms with E-state index >= 15 is 0 Å². The average molecular weight is 1490 g/mol. The normalized spacial score (nSPS) is 19.2. The van der Waals surface area contributed by atoms with Crippen LogP contribution in [-0.4, -0.2) is 123 Å². The first-order chi connectivity index (χ1) is 54.8. The Morgan fingerprint density at radius 3 is 1.05 bits per heavy atom. The molecule has 0 radical (unpaired) electrons. The molecule has 18 heteroatoms. The molecule has 0 bridgehead atoms. The number of nitrogens with zero attached hydrogens (tertiary/aromatic N) is 12. The fraction of sp³-hybridized carbons (Fsp3) is 0.330. The van der Waals surface area contributed by atoms with E-state index in [0.29, 0.717) is 77.6 Å². The van der Waals surface area contributed by atoms with Gasteiger partial charge in [0.05, 0.1) is 44.3 Å². The summed E-state index contributed by atoms with van der Waals surface area (Å²) in [6, 6.07) is 75.2. The maximum absolute atomic E-state index is 13.5. The Morgan fingerprint density at radius 2 is 0.714 bits per heavy atom. The topological polar surface area (TPSA) is 208 Å². The Morgan fingerprint density at radius 1 is 0.375 bits per heavy atom. The fourth-order valence-corrected chi connectivity index (χ4v) is 16.4. The zero-order valence-electron chi connectivity index (χ0n) is 64.6. The van der Waals surface area contributed by atoms with E-state index in [4.69, 9.17) is 24.5 Å². The summed E-state index contributed by atoms with van der Waals surface area (Å²) in [4.78, 5) is 73.3. The number of ketones is 1. The standard InChI is InChI=1S/C32H34N2O2.2C31H31N5O2/c1-3-4-12-30-33-32(19-8-9-20-32)31(36)34(30)22-24-13-15-26(16-14-24)29-21-27(17-18-28(29)23(2)35)25-10-6-5-7-11-25;2*1-2-3-9-29-33-31(16-17-38-21-31)30(37)36(29)20-22-10-12-24(13-11-22)27-18-25(23-7-5-4-6-8-23)14-15-26(27)28-19-32-35-34-28/h5-7,10-11,13-18,21H,3-4,8-9,12,19-20,22H2,1-2H3;2*4-8,10-15,18H,2-3,9,16-17,19-21H2,1H3. The molecule has 8 aliphatic rings. The molecule has 1 saturated carbocycles. The molecule has 3 fully saturated rings. The lowest BCUT2D eigenvalue weighted by atomic mass is 9.92. The molecule has 7 heterocycles. The monoisotopic (exact) mass is 1490 g/mol. The summed E-state index contributed by atoms with van der Waals surface area (Å²) in [7, 11) is 0. The van der Waals surface area contributed by atoms with Crippen LogP contribution in [0.5, 0.6) is 0 Å². The Hall–Kier alpha value is -11.5. The van der Waals surface area contributed by atoms with Crippen molar-refractivity contribution < 1.29 is 28.7 Å². The molecule has 0 N–H and O–H groups in total. The van der Waals surface area contributed by atoms with Crippen molar-refractivity contribution in [3.8, 4) is 66.8 Å². The molecular formula is C94H96N12O6. The SMILES string of the molecule is CCCCC1=NC2(CCCC2)C(=O)N1Cc1ccc(-c2cc(-c3ccccc3)ccc2C(C)=O)cc1.CCCCC1=NC2(CCOC2)C(=O)N1Cc1ccc(-c2cc(-c3ccccc3)ccc2C2=NN=NC2)cc1.CCCCC1=NC2(CCOC2)C(=O)N1Cc1ccc(-c2cc(-c3ccccc3)ccc2C2=NN=NC2)cc1. The minimum Gasteiger partial charge on any atom is -0.378 e. The first-order valence-electron chi connectivity index (χ1n) is 40.0. The van der Waals surface area contributed by atoms with Crippen molar-refractivity contribution in [2.75, 3.05) is 39.5 Å². The highest BCUT2D eigenvalue weighted by molar-refractivity contribution is 6.12. The van der Waals surface area contributed by atoms with Gasteiger partial charge in [0.25, 0.3) is 17.7 Å². The lowest BCUT2D eigenvalue weighted by Crippen LogP contribution is -2.42. The van der Waals surface area contributed by atoms with Crippen molar-refractivity contribution in [2.24, 2.45) is 45.9 Å². The number of aliphatic imine (C=N–C) groups is 3. The van der Waals surface area contributed by atoms with Gasteiger partial charge in [0.15, 0.2) is 16.9 Å². The third-order valence-corrected chi connectivity index (χ3v) is 22.7. The quantitative estimate of drug-likeness (QED) is 0.0537. The summed E-state index contributed by atoms with van der Waals surface area (Å²) in [5.41, 5.74) is 18.9. The van der Waals surface area contributed by atoms with Gasteiger partial charge in [-0.15, -0.1) is 10.2 Å². The van der Waals surface area contributed by atoms with Crippen LogP contribution in [0.25, 0.3) is 66.8 Å². The van der Waals surface area contributed by atoms with E-state index in [0.717, 1.165) is 207 Å². The maximum atomic E-state index is 13.5. The molecule has 9 aromatic carbocycles. The number of amidine groups is 3. The summed E-state index contributed by atoms with van der Waals surface area (Å²) < 4.78 is 11.2. The van der Waals surface area contributed by atoms with Gasteiger partial charge in [-0.3, -0.25) is 48.9 Å². The van der Waals surface area contributed by atoms with E-state index in [2.05, 4.69) is 228 Å². The first-order valence-corrected chi connectivity index (χ1v) is 40.0. The number of hydrogen-bond donors (Lipinski definition) is 0. The van der Waals surface area contributed by atoms with Crippen LogP contribution in [0.1, 0.15) is 162 Å². The number of carbonyl (C=O) groups excluding carboxylic acids is 4. The molecule has 112 heavy (non-hydrogen) atoms. The van der Waals surface area contributed by atoms with Crippen molar-refractivity contribution >= 4 is 52.4 Å². The third-order valence-electron chi connectivity index (χ3n) is 22.7. The molecule has 9 aromatic rings. The van der Waals surface area contributed by atoms with Gasteiger partial charge in [0.1, 0.15) is 36.1 Å². The predicted molar refractivity (Wildman–Crippen MR) is 445 cm³/mol. The van der Waals surface area contributed by atoms with Crippen LogP contribution in [0.15, 0.2) is 264 Å². The number of unbranched alkanes of at least 4 members (excludes halogenated alkanes) is 3. The van der Waals surface area contributed by atoms with Gasteiger partial charge in [-0.05, 0) is 151 Å². The molecule has 568 valence electrons. The fourth-order valence-electron chi connectivity index (χ4n) is 16.4. The number of ether oxygens (including phenoxy) is 2. The Labute approximate surface area is 656 Å². The van der Waals surface area contributed by atoms with Crippen molar-refractivity contribution in [2.45, 2.75) is 160 Å². The molecule has 2 atom stereocenters. The Kier molecular flexibility index (Phi) is 23.3. The second-order valence-electron chi connectivity index (χ2n) is 30.4. The molecule has 2 unspecified atom stereocenters. The van der Waals surface area contributed by atoms with Crippen molar-refractivity contribution in [3.05, 3.63) is 252 Å². The maximum Gasteiger partial charge on any atom is 0.258 e. The lowest BCUT2D eigenvalue weighted by Gasteiger charge is -2.23. The highest BCUT2D eigenvalue weighted by Crippen LogP contribution is 2.42. The van der Waals surface area contributed by atoms with E-state index in [1.807, 2.05) is 57.2 Å². The summed E-state index contributed by atoms with van der Waals surface area (Å²) >= 11 is 0. The molecule has 0 aromatic heterocycles. The first kappa shape index (κ1) is 75.9. The number of amides is 3. The van der Waals surface area contributed by atoms with Crippen LogP contribution >= 0.6 is 0 Å². The van der Waals surface area contributed by atoms with Gasteiger partial charge in [-0.1, -0.05) is 253 Å². The minimum absolute atomic E-state index is 0.0509. The second kappa shape index (κ2) is 34.4. The highest BCUT2D eigenvalue weighted by atomic mass is 16.5. The predicted octanol–water partition coefficient (Wildman–Crippen LogP) is 20.0. The summed E-state index contributed by atoms with van der Waals surface area (Å²) in [6.07, 6.45) is 14.0. The van der Waals surface area contributed by atoms with Crippen LogP contribution in [0.3, 0.4) is 0 Å². The summed E-state index contributed by atoms with van der Waals surface area (Å²) in [6.45, 7) is 12.6.